The van der Waals surface area contributed by atoms with Crippen LogP contribution in [0.3, 0.4) is 0 Å². The van der Waals surface area contributed by atoms with E-state index in [1.54, 1.807) is 0 Å². The van der Waals surface area contributed by atoms with E-state index in [1.165, 1.54) is 141 Å². The third-order valence-corrected chi connectivity index (χ3v) is 15.0. The molecule has 0 aromatic heterocycles. The summed E-state index contributed by atoms with van der Waals surface area (Å²) in [5.74, 6) is -0.544. The van der Waals surface area contributed by atoms with Crippen molar-refractivity contribution in [2.24, 2.45) is 0 Å². The summed E-state index contributed by atoms with van der Waals surface area (Å²) in [5, 5.41) is 3.04. The molecule has 0 aromatic carbocycles. The lowest BCUT2D eigenvalue weighted by Gasteiger charge is -2.27. The number of ether oxygens (including phenoxy) is 1. The molecule has 1 amide bonds. The van der Waals surface area contributed by atoms with Gasteiger partial charge in [-0.25, -0.2) is 4.57 Å². The van der Waals surface area contributed by atoms with Crippen LogP contribution in [0.5, 0.6) is 0 Å². The van der Waals surface area contributed by atoms with Crippen molar-refractivity contribution in [3.63, 3.8) is 0 Å². The van der Waals surface area contributed by atoms with Crippen LogP contribution in [0.4, 0.5) is 0 Å². The summed E-state index contributed by atoms with van der Waals surface area (Å²) in [4.78, 5) is 37.7. The Bertz CT molecular complexity index is 1670. The van der Waals surface area contributed by atoms with E-state index in [-0.39, 0.29) is 31.5 Å². The van der Waals surface area contributed by atoms with Gasteiger partial charge >= 0.3 is 13.8 Å². The molecule has 0 aliphatic heterocycles. The van der Waals surface area contributed by atoms with Crippen molar-refractivity contribution < 1.29 is 37.3 Å². The van der Waals surface area contributed by atoms with Gasteiger partial charge in [0, 0.05) is 12.8 Å². The van der Waals surface area contributed by atoms with E-state index >= 15 is 0 Å². The van der Waals surface area contributed by atoms with Gasteiger partial charge in [-0.15, -0.1) is 0 Å². The molecular weight excluding hydrogens is 1000 g/mol. The van der Waals surface area contributed by atoms with E-state index in [0.717, 1.165) is 96.3 Å². The fourth-order valence-electron chi connectivity index (χ4n) is 9.00. The molecule has 3 atom stereocenters. The molecule has 0 saturated carbocycles. The summed E-state index contributed by atoms with van der Waals surface area (Å²) < 4.78 is 30.7. The van der Waals surface area contributed by atoms with E-state index in [0.29, 0.717) is 23.9 Å². The first-order valence-electron chi connectivity index (χ1n) is 32.6. The van der Waals surface area contributed by atoms with Gasteiger partial charge in [0.25, 0.3) is 0 Å². The lowest BCUT2D eigenvalue weighted by atomic mass is 10.0. The molecule has 9 nitrogen and oxygen atoms in total. The number of unbranched alkanes of at least 4 members (excludes halogenated alkanes) is 28. The molecule has 0 aliphatic carbocycles. The zero-order valence-corrected chi connectivity index (χ0v) is 53.0. The molecule has 0 heterocycles. The quantitative estimate of drug-likeness (QED) is 0.0205. The number of rotatable bonds is 58. The number of amides is 1. The van der Waals surface area contributed by atoms with Crippen molar-refractivity contribution in [3.8, 4) is 0 Å². The second-order valence-corrected chi connectivity index (χ2v) is 24.4. The summed E-state index contributed by atoms with van der Waals surface area (Å²) in [6, 6.07) is -0.871. The van der Waals surface area contributed by atoms with Crippen molar-refractivity contribution in [2.45, 2.75) is 290 Å². The molecule has 456 valence electrons. The number of phosphoric ester groups is 1. The van der Waals surface area contributed by atoms with Crippen LogP contribution in [-0.4, -0.2) is 74.3 Å². The smallest absolute Gasteiger partial charge is 0.456 e. The number of carbonyl (C=O) groups is 2. The Kier molecular flexibility index (Phi) is 55.9. The molecule has 10 heteroatoms. The number of nitrogens with zero attached hydrogens (tertiary/aromatic N) is 1. The molecular formula is C69H124N2O7P+. The average Bonchev–Trinajstić information content (AvgIpc) is 3.41. The Hall–Kier alpha value is -3.07. The highest BCUT2D eigenvalue weighted by Crippen LogP contribution is 2.43. The van der Waals surface area contributed by atoms with Crippen LogP contribution in [0.25, 0.3) is 0 Å². The first kappa shape index (κ1) is 75.9. The van der Waals surface area contributed by atoms with E-state index in [4.69, 9.17) is 13.8 Å². The SMILES string of the molecule is CC/C=C/C/C=C/C/C=C/C/C=C/CCCCCC(=O)NC(COP(=O)(O)OCC[N+](C)(C)C)C(/C=C\CCCCCCCCCCCC)OC(=O)CCCCCCCCCCCCCC/C=C\C/C=C\C/C=C\CCCCC. The first-order valence-corrected chi connectivity index (χ1v) is 34.1. The monoisotopic (exact) mass is 1120 g/mol. The number of phosphoric acid groups is 1. The lowest BCUT2D eigenvalue weighted by Crippen LogP contribution is -2.47. The molecule has 0 saturated heterocycles. The van der Waals surface area contributed by atoms with Crippen LogP contribution in [-0.2, 0) is 27.9 Å². The number of hydrogen-bond donors (Lipinski definition) is 2. The molecule has 0 aliphatic rings. The molecule has 79 heavy (non-hydrogen) atoms. The van der Waals surface area contributed by atoms with E-state index in [9.17, 15) is 19.0 Å². The standard InChI is InChI=1S/C69H123N2O7P/c1-7-10-13-16-19-22-25-28-30-32-33-34-35-36-37-38-39-40-42-44-47-50-53-56-59-62-69(73)78-67(60-57-54-51-48-45-27-24-21-18-15-12-9-3)66(65-77-79(74,75)76-64-63-71(4,5)6)70-68(72)61-58-55-52-49-46-43-41-31-29-26-23-20-17-14-11-8-2/h11,14,19-20,22-23,28-31,33-34,43,46,57,60,66-67H,7-10,12-13,15-18,21,24-27,32,35-42,44-45,47-56,58-59,61-65H2,1-6H3,(H-,70,72,74,75)/p+1/b14-11+,22-19-,23-20+,30-28-,31-29+,34-33-,46-43+,60-57-. The highest BCUT2D eigenvalue weighted by atomic mass is 31.2. The summed E-state index contributed by atoms with van der Waals surface area (Å²) in [5.41, 5.74) is 0. The fraction of sp³-hybridized carbons (Fsp3) is 0.739. The minimum atomic E-state index is -4.46. The van der Waals surface area contributed by atoms with Gasteiger partial charge in [0.1, 0.15) is 19.3 Å². The number of esters is 1. The number of nitrogens with one attached hydrogen (secondary N) is 1. The van der Waals surface area contributed by atoms with E-state index in [1.807, 2.05) is 33.3 Å². The maximum atomic E-state index is 13.5. The Morgan fingerprint density at radius 2 is 0.810 bits per heavy atom. The van der Waals surface area contributed by atoms with Crippen LogP contribution in [0.1, 0.15) is 278 Å². The molecule has 0 spiro atoms. The molecule has 0 radical (unpaired) electrons. The van der Waals surface area contributed by atoms with Gasteiger partial charge in [-0.05, 0) is 109 Å². The minimum Gasteiger partial charge on any atom is -0.456 e. The zero-order chi connectivity index (χ0) is 57.9. The van der Waals surface area contributed by atoms with Crippen LogP contribution in [0, 0.1) is 0 Å². The first-order chi connectivity index (χ1) is 38.4. The van der Waals surface area contributed by atoms with Gasteiger partial charge in [-0.2, -0.15) is 0 Å². The molecule has 0 aromatic rings. The predicted molar refractivity (Wildman–Crippen MR) is 341 cm³/mol. The Balaban J connectivity index is 5.17. The van der Waals surface area contributed by atoms with Gasteiger partial charge < -0.3 is 19.4 Å². The molecule has 3 unspecified atom stereocenters. The van der Waals surface area contributed by atoms with Crippen molar-refractivity contribution in [1.82, 2.24) is 5.32 Å². The topological polar surface area (TPSA) is 111 Å². The minimum absolute atomic E-state index is 0.0297. The van der Waals surface area contributed by atoms with Gasteiger partial charge in [-0.3, -0.25) is 18.6 Å². The number of allylic oxidation sites excluding steroid dienone is 15. The second-order valence-electron chi connectivity index (χ2n) is 22.9. The maximum Gasteiger partial charge on any atom is 0.472 e. The van der Waals surface area contributed by atoms with Crippen molar-refractivity contribution in [3.05, 3.63) is 97.2 Å². The second kappa shape index (κ2) is 58.1. The molecule has 0 rings (SSSR count). The Morgan fingerprint density at radius 1 is 0.456 bits per heavy atom. The predicted octanol–water partition coefficient (Wildman–Crippen LogP) is 20.3. The average molecular weight is 1120 g/mol. The lowest BCUT2D eigenvalue weighted by molar-refractivity contribution is -0.870. The number of likely N-dealkylation sites (N-methyl/N-ethyl adjacent to an activating group) is 1. The Labute approximate surface area is 488 Å². The third-order valence-electron chi connectivity index (χ3n) is 14.0. The normalized spacial score (nSPS) is 14.3. The summed E-state index contributed by atoms with van der Waals surface area (Å²) in [6.07, 6.45) is 78.4. The van der Waals surface area contributed by atoms with Gasteiger partial charge in [0.2, 0.25) is 5.91 Å². The highest BCUT2D eigenvalue weighted by Gasteiger charge is 2.30. The highest BCUT2D eigenvalue weighted by molar-refractivity contribution is 7.47. The summed E-state index contributed by atoms with van der Waals surface area (Å²) in [6.45, 7) is 6.85. The largest absolute Gasteiger partial charge is 0.472 e. The number of hydrogen-bond acceptors (Lipinski definition) is 6. The fourth-order valence-corrected chi connectivity index (χ4v) is 9.73. The van der Waals surface area contributed by atoms with Crippen molar-refractivity contribution >= 4 is 19.7 Å². The molecule has 2 N–H and O–H groups in total. The van der Waals surface area contributed by atoms with E-state index < -0.39 is 20.0 Å². The van der Waals surface area contributed by atoms with Crippen LogP contribution >= 0.6 is 7.82 Å². The van der Waals surface area contributed by atoms with Gasteiger partial charge in [0.05, 0.1) is 33.8 Å². The Morgan fingerprint density at radius 3 is 1.25 bits per heavy atom. The zero-order valence-electron chi connectivity index (χ0n) is 52.1. The third kappa shape index (κ3) is 59.4. The number of quaternary nitrogens is 1. The van der Waals surface area contributed by atoms with Crippen LogP contribution in [0.2, 0.25) is 0 Å². The van der Waals surface area contributed by atoms with Crippen LogP contribution < -0.4 is 5.32 Å². The summed E-state index contributed by atoms with van der Waals surface area (Å²) in [7, 11) is 1.47. The summed E-state index contributed by atoms with van der Waals surface area (Å²) >= 11 is 0. The van der Waals surface area contributed by atoms with Crippen molar-refractivity contribution in [2.75, 3.05) is 40.9 Å². The van der Waals surface area contributed by atoms with Crippen LogP contribution in [0.15, 0.2) is 97.2 Å². The maximum absolute atomic E-state index is 13.5. The van der Waals surface area contributed by atoms with Gasteiger partial charge in [-0.1, -0.05) is 253 Å². The van der Waals surface area contributed by atoms with E-state index in [2.05, 4.69) is 111 Å². The molecule has 0 bridgehead atoms. The number of carbonyl (C=O) groups excluding carboxylic acids is 2. The molecule has 0 fully saturated rings. The van der Waals surface area contributed by atoms with Gasteiger partial charge in [0.15, 0.2) is 0 Å². The van der Waals surface area contributed by atoms with Crippen molar-refractivity contribution in [1.29, 1.82) is 0 Å².